The van der Waals surface area contributed by atoms with E-state index in [0.717, 1.165) is 18.5 Å². The van der Waals surface area contributed by atoms with Crippen LogP contribution >= 0.6 is 11.6 Å². The maximum Gasteiger partial charge on any atom is 0.144 e. The number of methoxy groups -OCH3 is 1. The van der Waals surface area contributed by atoms with Gasteiger partial charge in [0, 0.05) is 11.6 Å². The quantitative estimate of drug-likeness (QED) is 0.938. The zero-order valence-corrected chi connectivity index (χ0v) is 12.4. The van der Waals surface area contributed by atoms with Crippen molar-refractivity contribution in [1.82, 2.24) is 15.0 Å². The maximum absolute atomic E-state index is 9.49. The van der Waals surface area contributed by atoms with Gasteiger partial charge in [-0.05, 0) is 31.0 Å². The van der Waals surface area contributed by atoms with Crippen molar-refractivity contribution in [2.75, 3.05) is 13.7 Å². The second-order valence-electron chi connectivity index (χ2n) is 4.81. The molecule has 1 saturated heterocycles. The van der Waals surface area contributed by atoms with Crippen LogP contribution in [0, 0.1) is 0 Å². The smallest absolute Gasteiger partial charge is 0.144 e. The summed E-state index contributed by atoms with van der Waals surface area (Å²) in [6.07, 6.45) is 1.74. The fourth-order valence-electron chi connectivity index (χ4n) is 2.56. The highest BCUT2D eigenvalue weighted by Crippen LogP contribution is 2.34. The lowest BCUT2D eigenvalue weighted by Gasteiger charge is -2.15. The standard InChI is InChI=1S/C14H16ClN3O3/c1-20-12-5-4-9(15)7-11(12)18-14(10(8-19)16-17-18)13-3-2-6-21-13/h4-5,7,13,19H,2-3,6,8H2,1H3. The van der Waals surface area contributed by atoms with Gasteiger partial charge in [-0.1, -0.05) is 16.8 Å². The first-order valence-electron chi connectivity index (χ1n) is 6.75. The van der Waals surface area contributed by atoms with Gasteiger partial charge in [0.05, 0.1) is 19.4 Å². The molecule has 3 rings (SSSR count). The van der Waals surface area contributed by atoms with E-state index in [1.54, 1.807) is 30.0 Å². The highest BCUT2D eigenvalue weighted by Gasteiger charge is 2.27. The molecule has 0 aliphatic carbocycles. The van der Waals surface area contributed by atoms with Crippen LogP contribution in [0.25, 0.3) is 5.69 Å². The molecule has 2 aromatic rings. The van der Waals surface area contributed by atoms with E-state index in [9.17, 15) is 5.11 Å². The fourth-order valence-corrected chi connectivity index (χ4v) is 2.72. The van der Waals surface area contributed by atoms with Gasteiger partial charge in [-0.3, -0.25) is 0 Å². The summed E-state index contributed by atoms with van der Waals surface area (Å²) in [5, 5.41) is 18.3. The summed E-state index contributed by atoms with van der Waals surface area (Å²) in [4.78, 5) is 0. The van der Waals surface area contributed by atoms with Gasteiger partial charge in [0.15, 0.2) is 0 Å². The van der Waals surface area contributed by atoms with E-state index >= 15 is 0 Å². The fraction of sp³-hybridized carbons (Fsp3) is 0.429. The summed E-state index contributed by atoms with van der Waals surface area (Å²) in [7, 11) is 1.59. The molecule has 0 amide bonds. The third-order valence-corrected chi connectivity index (χ3v) is 3.77. The SMILES string of the molecule is COc1ccc(Cl)cc1-n1nnc(CO)c1C1CCCO1. The summed E-state index contributed by atoms with van der Waals surface area (Å²) in [6.45, 7) is 0.519. The molecule has 1 N–H and O–H groups in total. The molecule has 7 heteroatoms. The molecule has 0 radical (unpaired) electrons. The van der Waals surface area contributed by atoms with Gasteiger partial charge >= 0.3 is 0 Å². The number of aliphatic hydroxyl groups is 1. The van der Waals surface area contributed by atoms with E-state index in [1.165, 1.54) is 0 Å². The minimum atomic E-state index is -0.182. The third kappa shape index (κ3) is 2.62. The van der Waals surface area contributed by atoms with Crippen molar-refractivity contribution in [1.29, 1.82) is 0 Å². The average molecular weight is 310 g/mol. The number of rotatable bonds is 4. The lowest BCUT2D eigenvalue weighted by atomic mass is 10.1. The van der Waals surface area contributed by atoms with E-state index in [1.807, 2.05) is 0 Å². The van der Waals surface area contributed by atoms with Crippen LogP contribution in [0.3, 0.4) is 0 Å². The van der Waals surface area contributed by atoms with Crippen LogP contribution in [-0.2, 0) is 11.3 Å². The monoisotopic (exact) mass is 309 g/mol. The topological polar surface area (TPSA) is 69.4 Å². The van der Waals surface area contributed by atoms with Crippen LogP contribution in [0.15, 0.2) is 18.2 Å². The summed E-state index contributed by atoms with van der Waals surface area (Å²) in [5.41, 5.74) is 1.96. The predicted molar refractivity (Wildman–Crippen MR) is 76.8 cm³/mol. The summed E-state index contributed by atoms with van der Waals surface area (Å²) >= 11 is 6.08. The summed E-state index contributed by atoms with van der Waals surface area (Å²) < 4.78 is 12.7. The van der Waals surface area contributed by atoms with Crippen LogP contribution in [0.4, 0.5) is 0 Å². The Bertz CT molecular complexity index is 638. The number of aliphatic hydroxyl groups excluding tert-OH is 1. The Labute approximate surface area is 127 Å². The van der Waals surface area contributed by atoms with Crippen LogP contribution < -0.4 is 4.74 Å². The molecular weight excluding hydrogens is 294 g/mol. The Morgan fingerprint density at radius 3 is 3.05 bits per heavy atom. The number of nitrogens with zero attached hydrogens (tertiary/aromatic N) is 3. The number of benzene rings is 1. The average Bonchev–Trinajstić information content (AvgIpc) is 3.15. The molecule has 0 saturated carbocycles. The zero-order valence-electron chi connectivity index (χ0n) is 11.6. The lowest BCUT2D eigenvalue weighted by molar-refractivity contribution is 0.104. The molecule has 1 fully saturated rings. The van der Waals surface area contributed by atoms with Gasteiger partial charge in [-0.25, -0.2) is 4.68 Å². The van der Waals surface area contributed by atoms with Gasteiger partial charge in [0.1, 0.15) is 23.2 Å². The Morgan fingerprint density at radius 2 is 2.38 bits per heavy atom. The first-order valence-corrected chi connectivity index (χ1v) is 7.13. The van der Waals surface area contributed by atoms with Gasteiger partial charge in [0.25, 0.3) is 0 Å². The summed E-state index contributed by atoms with van der Waals surface area (Å²) in [6, 6.07) is 5.28. The van der Waals surface area contributed by atoms with Gasteiger partial charge < -0.3 is 14.6 Å². The molecule has 1 aliphatic heterocycles. The molecule has 0 spiro atoms. The van der Waals surface area contributed by atoms with Crippen molar-refractivity contribution in [2.45, 2.75) is 25.6 Å². The van der Waals surface area contributed by atoms with Crippen LogP contribution in [-0.4, -0.2) is 33.8 Å². The highest BCUT2D eigenvalue weighted by atomic mass is 35.5. The second kappa shape index (κ2) is 6.01. The zero-order chi connectivity index (χ0) is 14.8. The van der Waals surface area contributed by atoms with E-state index in [0.29, 0.717) is 28.8 Å². The molecule has 21 heavy (non-hydrogen) atoms. The van der Waals surface area contributed by atoms with Crippen LogP contribution in [0.1, 0.15) is 30.3 Å². The van der Waals surface area contributed by atoms with E-state index in [-0.39, 0.29) is 12.7 Å². The summed E-state index contributed by atoms with van der Waals surface area (Å²) in [5.74, 6) is 0.632. The van der Waals surface area contributed by atoms with Crippen LogP contribution in [0.2, 0.25) is 5.02 Å². The molecule has 0 bridgehead atoms. The van der Waals surface area contributed by atoms with Crippen LogP contribution in [0.5, 0.6) is 5.75 Å². The van der Waals surface area contributed by atoms with E-state index in [4.69, 9.17) is 21.1 Å². The first-order chi connectivity index (χ1) is 10.2. The first kappa shape index (κ1) is 14.3. The lowest BCUT2D eigenvalue weighted by Crippen LogP contribution is -2.10. The normalized spacial score (nSPS) is 18.1. The maximum atomic E-state index is 9.49. The minimum Gasteiger partial charge on any atom is -0.494 e. The van der Waals surface area contributed by atoms with Crippen molar-refractivity contribution in [3.63, 3.8) is 0 Å². The minimum absolute atomic E-state index is 0.120. The molecule has 1 atom stereocenters. The largest absolute Gasteiger partial charge is 0.494 e. The van der Waals surface area contributed by atoms with Crippen molar-refractivity contribution in [3.8, 4) is 11.4 Å². The third-order valence-electron chi connectivity index (χ3n) is 3.53. The molecule has 1 unspecified atom stereocenters. The molecular formula is C14H16ClN3O3. The van der Waals surface area contributed by atoms with Gasteiger partial charge in [-0.2, -0.15) is 0 Å². The van der Waals surface area contributed by atoms with E-state index in [2.05, 4.69) is 10.3 Å². The Kier molecular flexibility index (Phi) is 4.10. The molecule has 1 aliphatic rings. The van der Waals surface area contributed by atoms with E-state index < -0.39 is 0 Å². The van der Waals surface area contributed by atoms with Crippen molar-refractivity contribution < 1.29 is 14.6 Å². The van der Waals surface area contributed by atoms with Gasteiger partial charge in [0.2, 0.25) is 0 Å². The van der Waals surface area contributed by atoms with Crippen molar-refractivity contribution in [2.24, 2.45) is 0 Å². The molecule has 6 nitrogen and oxygen atoms in total. The molecule has 1 aromatic heterocycles. The highest BCUT2D eigenvalue weighted by molar-refractivity contribution is 6.30. The Morgan fingerprint density at radius 1 is 1.52 bits per heavy atom. The number of hydrogen-bond acceptors (Lipinski definition) is 5. The Balaban J connectivity index is 2.14. The number of ether oxygens (including phenoxy) is 2. The molecule has 112 valence electrons. The second-order valence-corrected chi connectivity index (χ2v) is 5.25. The number of halogens is 1. The molecule has 2 heterocycles. The number of aromatic nitrogens is 3. The van der Waals surface area contributed by atoms with Crippen molar-refractivity contribution in [3.05, 3.63) is 34.6 Å². The Hall–Kier alpha value is -1.63. The molecule has 1 aromatic carbocycles. The number of hydrogen-bond donors (Lipinski definition) is 1. The van der Waals surface area contributed by atoms with Gasteiger partial charge in [-0.15, -0.1) is 5.10 Å². The van der Waals surface area contributed by atoms with Crippen molar-refractivity contribution >= 4 is 11.6 Å². The predicted octanol–water partition coefficient (Wildman–Crippen LogP) is 2.27.